The molecule has 0 bridgehead atoms. The van der Waals surface area contributed by atoms with Crippen molar-refractivity contribution in [2.24, 2.45) is 0 Å². The predicted octanol–water partition coefficient (Wildman–Crippen LogP) is 1.67. The van der Waals surface area contributed by atoms with E-state index in [-0.39, 0.29) is 12.5 Å². The number of ether oxygens (including phenoxy) is 1. The Balaban J connectivity index is 0.000000507. The highest BCUT2D eigenvalue weighted by Crippen LogP contribution is 2.23. The van der Waals surface area contributed by atoms with E-state index in [0.717, 1.165) is 43.2 Å². The Kier molecular flexibility index (Phi) is 12.5. The molecule has 1 amide bonds. The van der Waals surface area contributed by atoms with Crippen LogP contribution in [0.25, 0.3) is 11.3 Å². The van der Waals surface area contributed by atoms with Gasteiger partial charge in [-0.25, -0.2) is 9.97 Å². The fourth-order valence-electron chi connectivity index (χ4n) is 3.30. The van der Waals surface area contributed by atoms with E-state index in [1.807, 2.05) is 36.4 Å². The van der Waals surface area contributed by atoms with Crippen LogP contribution in [0.15, 0.2) is 60.8 Å². The Morgan fingerprint density at radius 3 is 2.02 bits per heavy atom. The summed E-state index contributed by atoms with van der Waals surface area (Å²) in [6, 6.07) is 18.9. The number of hydrogen-bond acceptors (Lipinski definition) is 11. The maximum Gasteiger partial charge on any atom is 0.394 e. The SMILES string of the molecule is N#CCNC(=O)c1ccc(-c2ccnc(Nc3ccc(N4CCOCC4)cc3)n2)cc1.O=S(=O)(O)O.O=S(=O)(O)O. The van der Waals surface area contributed by atoms with Gasteiger partial charge >= 0.3 is 20.8 Å². The maximum absolute atomic E-state index is 11.9. The zero-order valence-corrected chi connectivity index (χ0v) is 22.8. The first-order chi connectivity index (χ1) is 19.2. The molecule has 0 spiro atoms. The molecule has 1 fully saturated rings. The largest absolute Gasteiger partial charge is 0.394 e. The first kappa shape index (κ1) is 33.0. The van der Waals surface area contributed by atoms with Crippen molar-refractivity contribution in [3.05, 3.63) is 66.4 Å². The van der Waals surface area contributed by atoms with Crippen molar-refractivity contribution in [2.75, 3.05) is 43.1 Å². The van der Waals surface area contributed by atoms with Gasteiger partial charge < -0.3 is 20.3 Å². The molecular weight excluding hydrogens is 584 g/mol. The molecule has 0 aliphatic carbocycles. The lowest BCUT2D eigenvalue weighted by Crippen LogP contribution is -2.36. The Morgan fingerprint density at radius 2 is 1.49 bits per heavy atom. The molecule has 1 aliphatic rings. The van der Waals surface area contributed by atoms with E-state index in [9.17, 15) is 4.79 Å². The minimum Gasteiger partial charge on any atom is -0.378 e. The molecule has 3 aromatic rings. The first-order valence-electron chi connectivity index (χ1n) is 11.4. The molecule has 18 heteroatoms. The summed E-state index contributed by atoms with van der Waals surface area (Å²) in [5.41, 5.74) is 4.17. The number of carbonyl (C=O) groups excluding carboxylic acids is 1. The lowest BCUT2D eigenvalue weighted by molar-refractivity contribution is 0.0958. The number of nitrogens with one attached hydrogen (secondary N) is 2. The van der Waals surface area contributed by atoms with Crippen molar-refractivity contribution in [3.8, 4) is 17.3 Å². The van der Waals surface area contributed by atoms with Gasteiger partial charge in [0, 0.05) is 41.8 Å². The van der Waals surface area contributed by atoms with Gasteiger partial charge in [-0.1, -0.05) is 12.1 Å². The summed E-state index contributed by atoms with van der Waals surface area (Å²) < 4.78 is 68.6. The topological polar surface area (TPSA) is 252 Å². The molecule has 0 saturated carbocycles. The predicted molar refractivity (Wildman–Crippen MR) is 147 cm³/mol. The highest BCUT2D eigenvalue weighted by Gasteiger charge is 2.11. The van der Waals surface area contributed by atoms with Gasteiger partial charge in [-0.15, -0.1) is 0 Å². The molecule has 6 N–H and O–H groups in total. The number of amides is 1. The fourth-order valence-corrected chi connectivity index (χ4v) is 3.30. The highest BCUT2D eigenvalue weighted by molar-refractivity contribution is 7.80. The summed E-state index contributed by atoms with van der Waals surface area (Å²) in [5, 5.41) is 14.3. The lowest BCUT2D eigenvalue weighted by atomic mass is 10.1. The van der Waals surface area contributed by atoms with Gasteiger partial charge in [0.05, 0.1) is 25.0 Å². The number of nitrogens with zero attached hydrogens (tertiary/aromatic N) is 4. The van der Waals surface area contributed by atoms with Gasteiger partial charge in [-0.3, -0.25) is 23.0 Å². The number of aromatic nitrogens is 2. The molecule has 2 aromatic carbocycles. The second-order valence-corrected chi connectivity index (χ2v) is 9.64. The molecule has 4 rings (SSSR count). The monoisotopic (exact) mass is 610 g/mol. The van der Waals surface area contributed by atoms with Crippen LogP contribution in [0.4, 0.5) is 17.3 Å². The third-order valence-corrected chi connectivity index (χ3v) is 4.93. The third kappa shape index (κ3) is 14.1. The second kappa shape index (κ2) is 15.5. The molecular formula is C23H26N6O10S2. The van der Waals surface area contributed by atoms with Crippen molar-refractivity contribution >= 4 is 44.0 Å². The number of hydrogen-bond donors (Lipinski definition) is 6. The highest BCUT2D eigenvalue weighted by atomic mass is 32.3. The summed E-state index contributed by atoms with van der Waals surface area (Å²) in [6.45, 7) is 3.29. The Bertz CT molecular complexity index is 1490. The van der Waals surface area contributed by atoms with Crippen LogP contribution in [0.3, 0.4) is 0 Å². The average Bonchev–Trinajstić information content (AvgIpc) is 2.91. The van der Waals surface area contributed by atoms with Crippen molar-refractivity contribution in [1.29, 1.82) is 5.26 Å². The number of benzene rings is 2. The molecule has 1 aliphatic heterocycles. The van der Waals surface area contributed by atoms with Crippen LogP contribution in [-0.2, 0) is 25.5 Å². The Labute approximate surface area is 235 Å². The van der Waals surface area contributed by atoms with Crippen LogP contribution in [0.1, 0.15) is 10.4 Å². The van der Waals surface area contributed by atoms with Gasteiger partial charge in [0.2, 0.25) is 5.95 Å². The standard InChI is InChI=1S/C23H22N6O2.2H2O4S/c24-10-12-25-22(30)18-3-1-17(2-4-18)21-9-11-26-23(28-21)27-19-5-7-20(8-6-19)29-13-15-31-16-14-29;2*1-5(2,3)4/h1-9,11H,12-16H2,(H,25,30)(H,26,27,28);2*(H2,1,2,3,4). The molecule has 41 heavy (non-hydrogen) atoms. The molecule has 0 atom stereocenters. The third-order valence-electron chi connectivity index (χ3n) is 4.93. The van der Waals surface area contributed by atoms with E-state index in [0.29, 0.717) is 11.5 Å². The lowest BCUT2D eigenvalue weighted by Gasteiger charge is -2.28. The molecule has 2 heterocycles. The molecule has 0 unspecified atom stereocenters. The smallest absolute Gasteiger partial charge is 0.378 e. The molecule has 1 saturated heterocycles. The normalized spacial score (nSPS) is 12.9. The van der Waals surface area contributed by atoms with Crippen molar-refractivity contribution in [1.82, 2.24) is 15.3 Å². The van der Waals surface area contributed by atoms with E-state index in [4.69, 9.17) is 45.0 Å². The summed E-state index contributed by atoms with van der Waals surface area (Å²) >= 11 is 0. The molecule has 220 valence electrons. The van der Waals surface area contributed by atoms with Crippen LogP contribution in [0.2, 0.25) is 0 Å². The average molecular weight is 611 g/mol. The first-order valence-corrected chi connectivity index (χ1v) is 14.2. The van der Waals surface area contributed by atoms with Crippen LogP contribution < -0.4 is 15.5 Å². The number of rotatable bonds is 6. The van der Waals surface area contributed by atoms with Gasteiger partial charge in [0.25, 0.3) is 5.91 Å². The Hall–Kier alpha value is -4.22. The van der Waals surface area contributed by atoms with Crippen LogP contribution in [-0.4, -0.2) is 83.8 Å². The molecule has 16 nitrogen and oxygen atoms in total. The zero-order valence-electron chi connectivity index (χ0n) is 21.2. The van der Waals surface area contributed by atoms with E-state index in [2.05, 4.69) is 37.6 Å². The number of carbonyl (C=O) groups is 1. The number of nitriles is 1. The summed E-state index contributed by atoms with van der Waals surface area (Å²) in [7, 11) is -9.33. The fraction of sp³-hybridized carbons (Fsp3) is 0.217. The number of morpholine rings is 1. The minimum absolute atomic E-state index is 0.0189. The van der Waals surface area contributed by atoms with Crippen molar-refractivity contribution < 1.29 is 44.6 Å². The van der Waals surface area contributed by atoms with E-state index < -0.39 is 20.8 Å². The van der Waals surface area contributed by atoms with Gasteiger partial charge in [0.1, 0.15) is 6.54 Å². The zero-order chi connectivity index (χ0) is 30.5. The minimum atomic E-state index is -4.67. The quantitative estimate of drug-likeness (QED) is 0.171. The van der Waals surface area contributed by atoms with Crippen LogP contribution in [0, 0.1) is 11.3 Å². The summed E-state index contributed by atoms with van der Waals surface area (Å²) in [4.78, 5) is 23.1. The van der Waals surface area contributed by atoms with E-state index in [1.54, 1.807) is 18.3 Å². The van der Waals surface area contributed by atoms with Gasteiger partial charge in [-0.2, -0.15) is 22.1 Å². The van der Waals surface area contributed by atoms with Crippen LogP contribution >= 0.6 is 0 Å². The van der Waals surface area contributed by atoms with Gasteiger partial charge in [-0.05, 0) is 42.5 Å². The van der Waals surface area contributed by atoms with E-state index >= 15 is 0 Å². The second-order valence-electron chi connectivity index (χ2n) is 7.85. The van der Waals surface area contributed by atoms with Crippen molar-refractivity contribution in [3.63, 3.8) is 0 Å². The van der Waals surface area contributed by atoms with Gasteiger partial charge in [0.15, 0.2) is 0 Å². The molecule has 0 radical (unpaired) electrons. The maximum atomic E-state index is 11.9. The molecule has 1 aromatic heterocycles. The van der Waals surface area contributed by atoms with E-state index in [1.165, 1.54) is 5.69 Å². The summed E-state index contributed by atoms with van der Waals surface area (Å²) in [6.07, 6.45) is 1.69. The van der Waals surface area contributed by atoms with Crippen LogP contribution in [0.5, 0.6) is 0 Å². The Morgan fingerprint density at radius 1 is 0.927 bits per heavy atom. The number of anilines is 3. The summed E-state index contributed by atoms with van der Waals surface area (Å²) in [5.74, 6) is 0.214. The van der Waals surface area contributed by atoms with Crippen molar-refractivity contribution in [2.45, 2.75) is 0 Å².